The maximum absolute atomic E-state index is 5.60. The van der Waals surface area contributed by atoms with Gasteiger partial charge in [-0.2, -0.15) is 0 Å². The molecule has 4 nitrogen and oxygen atoms in total. The Balaban J connectivity index is 2.19. The van der Waals surface area contributed by atoms with Crippen molar-refractivity contribution >= 4 is 0 Å². The van der Waals surface area contributed by atoms with Gasteiger partial charge in [0.25, 0.3) is 0 Å². The first kappa shape index (κ1) is 15.2. The lowest BCUT2D eigenvalue weighted by Gasteiger charge is -2.19. The first-order chi connectivity index (χ1) is 8.51. The molecule has 0 radical (unpaired) electrons. The van der Waals surface area contributed by atoms with Crippen LogP contribution in [0.2, 0.25) is 0 Å². The fourth-order valence-corrected chi connectivity index (χ4v) is 1.55. The Morgan fingerprint density at radius 2 is 2.17 bits per heavy atom. The van der Waals surface area contributed by atoms with Crippen LogP contribution in [0.15, 0.2) is 10.6 Å². The molecule has 0 saturated heterocycles. The molecule has 0 aliphatic heterocycles. The Kier molecular flexibility index (Phi) is 6.36. The zero-order valence-electron chi connectivity index (χ0n) is 12.1. The van der Waals surface area contributed by atoms with E-state index in [-0.39, 0.29) is 5.54 Å². The van der Waals surface area contributed by atoms with Crippen molar-refractivity contribution in [3.05, 3.63) is 17.8 Å². The van der Waals surface area contributed by atoms with E-state index in [1.54, 1.807) is 6.20 Å². The first-order valence-corrected chi connectivity index (χ1v) is 6.77. The van der Waals surface area contributed by atoms with Crippen LogP contribution in [-0.4, -0.2) is 23.7 Å². The highest BCUT2D eigenvalue weighted by molar-refractivity contribution is 4.92. The topological polar surface area (TPSA) is 47.3 Å². The third-order valence-electron chi connectivity index (χ3n) is 2.42. The number of ether oxygens (including phenoxy) is 1. The van der Waals surface area contributed by atoms with Crippen molar-refractivity contribution in [2.75, 3.05) is 13.2 Å². The van der Waals surface area contributed by atoms with Crippen molar-refractivity contribution in [3.8, 4) is 0 Å². The molecule has 1 N–H and O–H groups in total. The van der Waals surface area contributed by atoms with Gasteiger partial charge in [-0.15, -0.1) is 0 Å². The lowest BCUT2D eigenvalue weighted by Crippen LogP contribution is -2.36. The van der Waals surface area contributed by atoms with Gasteiger partial charge in [0.05, 0.1) is 6.20 Å². The monoisotopic (exact) mass is 254 g/mol. The van der Waals surface area contributed by atoms with E-state index >= 15 is 0 Å². The van der Waals surface area contributed by atoms with Crippen LogP contribution in [-0.2, 0) is 17.8 Å². The number of nitrogens with one attached hydrogen (secondary N) is 1. The number of aromatic nitrogens is 1. The summed E-state index contributed by atoms with van der Waals surface area (Å²) in [6, 6.07) is 0. The summed E-state index contributed by atoms with van der Waals surface area (Å²) in [6.45, 7) is 10.9. The van der Waals surface area contributed by atoms with E-state index in [0.29, 0.717) is 6.61 Å². The minimum atomic E-state index is 0.176. The first-order valence-electron chi connectivity index (χ1n) is 6.77. The van der Waals surface area contributed by atoms with E-state index < -0.39 is 0 Å². The van der Waals surface area contributed by atoms with Crippen LogP contribution in [0.4, 0.5) is 0 Å². The lowest BCUT2D eigenvalue weighted by atomic mass is 10.1. The van der Waals surface area contributed by atoms with Crippen molar-refractivity contribution in [1.82, 2.24) is 10.3 Å². The number of rotatable bonds is 8. The highest BCUT2D eigenvalue weighted by Gasteiger charge is 2.08. The highest BCUT2D eigenvalue weighted by Crippen LogP contribution is 2.08. The summed E-state index contributed by atoms with van der Waals surface area (Å²) in [6.07, 6.45) is 4.70. The van der Waals surface area contributed by atoms with E-state index in [1.807, 2.05) is 0 Å². The SMILES string of the molecule is CCCOCc1cnc(CCCNC(C)(C)C)o1. The largest absolute Gasteiger partial charge is 0.443 e. The molecule has 0 amide bonds. The zero-order valence-corrected chi connectivity index (χ0v) is 12.1. The number of hydrogen-bond donors (Lipinski definition) is 1. The Morgan fingerprint density at radius 1 is 1.39 bits per heavy atom. The van der Waals surface area contributed by atoms with Gasteiger partial charge in [0, 0.05) is 18.6 Å². The number of hydrogen-bond acceptors (Lipinski definition) is 4. The van der Waals surface area contributed by atoms with Crippen LogP contribution >= 0.6 is 0 Å². The second-order valence-electron chi connectivity index (χ2n) is 5.55. The van der Waals surface area contributed by atoms with Crippen LogP contribution < -0.4 is 5.32 Å². The third-order valence-corrected chi connectivity index (χ3v) is 2.42. The minimum Gasteiger partial charge on any atom is -0.443 e. The van der Waals surface area contributed by atoms with Crippen LogP contribution in [0.5, 0.6) is 0 Å². The summed E-state index contributed by atoms with van der Waals surface area (Å²) in [7, 11) is 0. The lowest BCUT2D eigenvalue weighted by molar-refractivity contribution is 0.106. The molecular formula is C14H26N2O2. The van der Waals surface area contributed by atoms with Gasteiger partial charge in [-0.05, 0) is 40.2 Å². The molecule has 0 fully saturated rings. The summed E-state index contributed by atoms with van der Waals surface area (Å²) < 4.78 is 11.0. The Bertz CT molecular complexity index is 329. The number of nitrogens with zero attached hydrogens (tertiary/aromatic N) is 1. The summed E-state index contributed by atoms with van der Waals surface area (Å²) >= 11 is 0. The van der Waals surface area contributed by atoms with Crippen molar-refractivity contribution in [2.45, 2.75) is 59.1 Å². The van der Waals surface area contributed by atoms with Gasteiger partial charge in [0.1, 0.15) is 12.4 Å². The molecule has 1 aromatic heterocycles. The van der Waals surface area contributed by atoms with Crippen molar-refractivity contribution in [2.24, 2.45) is 0 Å². The molecule has 0 unspecified atom stereocenters. The van der Waals surface area contributed by atoms with Gasteiger partial charge >= 0.3 is 0 Å². The van der Waals surface area contributed by atoms with Gasteiger partial charge in [-0.3, -0.25) is 0 Å². The highest BCUT2D eigenvalue weighted by atomic mass is 16.5. The van der Waals surface area contributed by atoms with Crippen molar-refractivity contribution < 1.29 is 9.15 Å². The Morgan fingerprint density at radius 3 is 2.83 bits per heavy atom. The van der Waals surface area contributed by atoms with Gasteiger partial charge in [0.15, 0.2) is 5.89 Å². The molecule has 104 valence electrons. The molecule has 1 heterocycles. The number of aryl methyl sites for hydroxylation is 1. The zero-order chi connectivity index (χ0) is 13.4. The predicted molar refractivity (Wildman–Crippen MR) is 72.5 cm³/mol. The molecule has 0 atom stereocenters. The quantitative estimate of drug-likeness (QED) is 0.725. The summed E-state index contributed by atoms with van der Waals surface area (Å²) in [4.78, 5) is 4.25. The molecule has 1 rings (SSSR count). The van der Waals surface area contributed by atoms with Gasteiger partial charge in [0.2, 0.25) is 0 Å². The van der Waals surface area contributed by atoms with Gasteiger partial charge < -0.3 is 14.5 Å². The average molecular weight is 254 g/mol. The standard InChI is InChI=1S/C14H26N2O2/c1-5-9-17-11-12-10-15-13(18-12)7-6-8-16-14(2,3)4/h10,16H,5-9,11H2,1-4H3. The maximum atomic E-state index is 5.60. The fraction of sp³-hybridized carbons (Fsp3) is 0.786. The molecule has 1 aromatic rings. The molecule has 0 bridgehead atoms. The van der Waals surface area contributed by atoms with Crippen LogP contribution in [0.1, 0.15) is 52.2 Å². The van der Waals surface area contributed by atoms with Gasteiger partial charge in [-0.1, -0.05) is 6.92 Å². The number of oxazole rings is 1. The fourth-order valence-electron chi connectivity index (χ4n) is 1.55. The normalized spacial score (nSPS) is 12.0. The second-order valence-corrected chi connectivity index (χ2v) is 5.55. The molecule has 18 heavy (non-hydrogen) atoms. The van der Waals surface area contributed by atoms with Crippen LogP contribution in [0, 0.1) is 0 Å². The second kappa shape index (κ2) is 7.54. The van der Waals surface area contributed by atoms with Crippen LogP contribution in [0.3, 0.4) is 0 Å². The van der Waals surface area contributed by atoms with E-state index in [9.17, 15) is 0 Å². The molecule has 0 aromatic carbocycles. The summed E-state index contributed by atoms with van der Waals surface area (Å²) in [5.74, 6) is 1.63. The van der Waals surface area contributed by atoms with Crippen molar-refractivity contribution in [3.63, 3.8) is 0 Å². The smallest absolute Gasteiger partial charge is 0.194 e. The molecule has 0 spiro atoms. The molecule has 0 saturated carbocycles. The predicted octanol–water partition coefficient (Wildman–Crippen LogP) is 2.92. The van der Waals surface area contributed by atoms with E-state index in [2.05, 4.69) is 38.0 Å². The molecule has 0 aliphatic carbocycles. The van der Waals surface area contributed by atoms with E-state index in [4.69, 9.17) is 9.15 Å². The maximum Gasteiger partial charge on any atom is 0.194 e. The molecule has 4 heteroatoms. The Hall–Kier alpha value is -0.870. The van der Waals surface area contributed by atoms with Gasteiger partial charge in [-0.25, -0.2) is 4.98 Å². The minimum absolute atomic E-state index is 0.176. The summed E-state index contributed by atoms with van der Waals surface area (Å²) in [5, 5.41) is 3.45. The molecular weight excluding hydrogens is 228 g/mol. The molecule has 0 aliphatic rings. The van der Waals surface area contributed by atoms with Crippen molar-refractivity contribution in [1.29, 1.82) is 0 Å². The Labute approximate surface area is 110 Å². The van der Waals surface area contributed by atoms with E-state index in [1.165, 1.54) is 0 Å². The third kappa shape index (κ3) is 6.77. The summed E-state index contributed by atoms with van der Waals surface area (Å²) in [5.41, 5.74) is 0.176. The van der Waals surface area contributed by atoms with Crippen LogP contribution in [0.25, 0.3) is 0 Å². The van der Waals surface area contributed by atoms with E-state index in [0.717, 1.165) is 44.1 Å². The average Bonchev–Trinajstić information content (AvgIpc) is 2.72.